The predicted molar refractivity (Wildman–Crippen MR) is 93.0 cm³/mol. The van der Waals surface area contributed by atoms with Gasteiger partial charge in [0, 0.05) is 0 Å². The monoisotopic (exact) mass is 387 g/mol. The fourth-order valence-corrected chi connectivity index (χ4v) is 2.52. The number of rotatable bonds is 4. The second-order valence-electron chi connectivity index (χ2n) is 5.66. The number of carbonyl (C=O) groups excluding carboxylic acids is 1. The average molecular weight is 387 g/mol. The minimum Gasteiger partial charge on any atom is -0.507 e. The molecule has 0 radical (unpaired) electrons. The van der Waals surface area contributed by atoms with Crippen molar-refractivity contribution < 1.29 is 27.8 Å². The third-order valence-electron chi connectivity index (χ3n) is 3.82. The van der Waals surface area contributed by atoms with E-state index in [9.17, 15) is 28.3 Å². The summed E-state index contributed by atoms with van der Waals surface area (Å²) in [6.45, 7) is -0.787. The van der Waals surface area contributed by atoms with Crippen LogP contribution in [0.25, 0.3) is 16.6 Å². The van der Waals surface area contributed by atoms with Crippen molar-refractivity contribution in [3.05, 3.63) is 71.2 Å². The Kier molecular flexibility index (Phi) is 5.04. The number of fused-ring (bicyclic) bond motifs is 1. The van der Waals surface area contributed by atoms with E-state index in [1.807, 2.05) is 0 Å². The fourth-order valence-electron chi connectivity index (χ4n) is 2.52. The van der Waals surface area contributed by atoms with Gasteiger partial charge in [0.25, 0.3) is 0 Å². The second kappa shape index (κ2) is 7.44. The Balaban J connectivity index is 1.83. The van der Waals surface area contributed by atoms with E-state index >= 15 is 0 Å². The van der Waals surface area contributed by atoms with Crippen molar-refractivity contribution in [1.29, 1.82) is 5.26 Å². The van der Waals surface area contributed by atoms with Crippen LogP contribution in [0.2, 0.25) is 0 Å². The van der Waals surface area contributed by atoms with Gasteiger partial charge in [0.1, 0.15) is 18.2 Å². The number of nitrogens with one attached hydrogen (secondary N) is 1. The number of nitriles is 1. The number of hydrogen-bond donors (Lipinski definition) is 2. The molecule has 0 atom stereocenters. The van der Waals surface area contributed by atoms with Crippen LogP contribution in [0.15, 0.2) is 54.3 Å². The van der Waals surface area contributed by atoms with Gasteiger partial charge in [0.05, 0.1) is 22.2 Å². The molecule has 0 amide bonds. The standard InChI is InChI=1S/C19H12F3N3O3/c20-19(21,22)13-6-2-1-5-11(13)18(27)28-10-16(26)12(9-23)17-24-14-7-3-4-8-15(14)25-17/h1-8,26H,10H2,(H,24,25). The van der Waals surface area contributed by atoms with E-state index in [1.54, 1.807) is 30.3 Å². The van der Waals surface area contributed by atoms with Gasteiger partial charge in [-0.2, -0.15) is 18.4 Å². The van der Waals surface area contributed by atoms with Crippen molar-refractivity contribution in [2.24, 2.45) is 0 Å². The summed E-state index contributed by atoms with van der Waals surface area (Å²) in [6, 6.07) is 12.8. The minimum absolute atomic E-state index is 0.0490. The third-order valence-corrected chi connectivity index (χ3v) is 3.82. The lowest BCUT2D eigenvalue weighted by molar-refractivity contribution is -0.138. The molecule has 0 aliphatic rings. The molecular formula is C19H12F3N3O3. The molecule has 0 aliphatic heterocycles. The van der Waals surface area contributed by atoms with Crippen LogP contribution < -0.4 is 0 Å². The van der Waals surface area contributed by atoms with Gasteiger partial charge >= 0.3 is 12.1 Å². The van der Waals surface area contributed by atoms with Crippen LogP contribution in [0.4, 0.5) is 13.2 Å². The van der Waals surface area contributed by atoms with Gasteiger partial charge in [0.2, 0.25) is 0 Å². The van der Waals surface area contributed by atoms with Gasteiger partial charge in [-0.15, -0.1) is 0 Å². The van der Waals surface area contributed by atoms with E-state index in [0.29, 0.717) is 11.0 Å². The number of aromatic amines is 1. The highest BCUT2D eigenvalue weighted by Crippen LogP contribution is 2.32. The molecule has 1 aromatic heterocycles. The molecular weight excluding hydrogens is 375 g/mol. The fraction of sp³-hybridized carbons (Fsp3) is 0.105. The molecule has 1 heterocycles. The quantitative estimate of drug-likeness (QED) is 0.397. The highest BCUT2D eigenvalue weighted by atomic mass is 19.4. The minimum atomic E-state index is -4.74. The summed E-state index contributed by atoms with van der Waals surface area (Å²) >= 11 is 0. The summed E-state index contributed by atoms with van der Waals surface area (Å²) in [7, 11) is 0. The molecule has 2 N–H and O–H groups in total. The van der Waals surface area contributed by atoms with E-state index < -0.39 is 35.6 Å². The number of allylic oxidation sites excluding steroid dienone is 1. The number of para-hydroxylation sites is 2. The van der Waals surface area contributed by atoms with Crippen molar-refractivity contribution in [3.63, 3.8) is 0 Å². The molecule has 0 saturated heterocycles. The number of esters is 1. The molecule has 9 heteroatoms. The maximum atomic E-state index is 13.0. The normalized spacial score (nSPS) is 12.4. The van der Waals surface area contributed by atoms with Crippen LogP contribution >= 0.6 is 0 Å². The first kappa shape index (κ1) is 19.0. The number of H-pyrrole nitrogens is 1. The third kappa shape index (κ3) is 3.81. The van der Waals surface area contributed by atoms with Gasteiger partial charge < -0.3 is 14.8 Å². The molecule has 142 valence electrons. The molecule has 0 fully saturated rings. The maximum absolute atomic E-state index is 13.0. The van der Waals surface area contributed by atoms with Crippen LogP contribution in [-0.4, -0.2) is 27.7 Å². The van der Waals surface area contributed by atoms with Gasteiger partial charge in [0.15, 0.2) is 11.6 Å². The largest absolute Gasteiger partial charge is 0.507 e. The number of aromatic nitrogens is 2. The van der Waals surface area contributed by atoms with E-state index in [4.69, 9.17) is 4.74 Å². The van der Waals surface area contributed by atoms with Crippen molar-refractivity contribution in [3.8, 4) is 6.07 Å². The number of halogens is 3. The highest BCUT2D eigenvalue weighted by Gasteiger charge is 2.35. The van der Waals surface area contributed by atoms with E-state index in [1.165, 1.54) is 6.07 Å². The number of aliphatic hydroxyl groups excluding tert-OH is 1. The van der Waals surface area contributed by atoms with Gasteiger partial charge in [-0.1, -0.05) is 24.3 Å². The number of ether oxygens (including phenoxy) is 1. The Hall–Kier alpha value is -3.80. The molecule has 3 aromatic rings. The maximum Gasteiger partial charge on any atom is 0.417 e. The van der Waals surface area contributed by atoms with Crippen LogP contribution in [0.1, 0.15) is 21.7 Å². The molecule has 0 unspecified atom stereocenters. The number of hydrogen-bond acceptors (Lipinski definition) is 5. The zero-order chi connectivity index (χ0) is 20.3. The van der Waals surface area contributed by atoms with Crippen molar-refractivity contribution in [2.75, 3.05) is 6.61 Å². The molecule has 0 saturated carbocycles. The number of aliphatic hydroxyl groups is 1. The Labute approximate surface area is 156 Å². The summed E-state index contributed by atoms with van der Waals surface area (Å²) in [5.41, 5.74) is -0.956. The van der Waals surface area contributed by atoms with E-state index in [0.717, 1.165) is 18.2 Å². The van der Waals surface area contributed by atoms with E-state index in [-0.39, 0.29) is 11.4 Å². The molecule has 2 aromatic carbocycles. The zero-order valence-electron chi connectivity index (χ0n) is 14.1. The molecule has 0 aliphatic carbocycles. The van der Waals surface area contributed by atoms with Gasteiger partial charge in [-0.25, -0.2) is 9.78 Å². The zero-order valence-corrected chi connectivity index (χ0v) is 14.1. The number of alkyl halides is 3. The summed E-state index contributed by atoms with van der Waals surface area (Å²) in [5, 5.41) is 19.4. The number of carbonyl (C=O) groups is 1. The second-order valence-corrected chi connectivity index (χ2v) is 5.66. The molecule has 6 nitrogen and oxygen atoms in total. The molecule has 28 heavy (non-hydrogen) atoms. The lowest BCUT2D eigenvalue weighted by Gasteiger charge is -2.12. The van der Waals surface area contributed by atoms with Crippen molar-refractivity contribution in [2.45, 2.75) is 6.18 Å². The Morgan fingerprint density at radius 2 is 1.86 bits per heavy atom. The van der Waals surface area contributed by atoms with Crippen molar-refractivity contribution in [1.82, 2.24) is 9.97 Å². The smallest absolute Gasteiger partial charge is 0.417 e. The molecule has 0 bridgehead atoms. The lowest BCUT2D eigenvalue weighted by Crippen LogP contribution is -2.16. The summed E-state index contributed by atoms with van der Waals surface area (Å²) in [6.07, 6.45) is -4.74. The summed E-state index contributed by atoms with van der Waals surface area (Å²) < 4.78 is 43.7. The van der Waals surface area contributed by atoms with Gasteiger partial charge in [-0.05, 0) is 24.3 Å². The van der Waals surface area contributed by atoms with Gasteiger partial charge in [-0.3, -0.25) is 0 Å². The first-order valence-electron chi connectivity index (χ1n) is 7.92. The van der Waals surface area contributed by atoms with Crippen LogP contribution in [0.3, 0.4) is 0 Å². The first-order chi connectivity index (χ1) is 13.3. The number of nitrogens with zero attached hydrogens (tertiary/aromatic N) is 2. The van der Waals surface area contributed by atoms with E-state index in [2.05, 4.69) is 9.97 Å². The topological polar surface area (TPSA) is 99.0 Å². The molecule has 3 rings (SSSR count). The number of imidazole rings is 1. The Bertz CT molecular complexity index is 1080. The van der Waals surface area contributed by atoms with Crippen LogP contribution in [0.5, 0.6) is 0 Å². The van der Waals surface area contributed by atoms with Crippen LogP contribution in [0, 0.1) is 11.3 Å². The average Bonchev–Trinajstić information content (AvgIpc) is 3.09. The Morgan fingerprint density at radius 1 is 1.18 bits per heavy atom. The predicted octanol–water partition coefficient (Wildman–Crippen LogP) is 4.23. The molecule has 0 spiro atoms. The number of benzene rings is 2. The Morgan fingerprint density at radius 3 is 2.54 bits per heavy atom. The highest BCUT2D eigenvalue weighted by molar-refractivity contribution is 5.91. The lowest BCUT2D eigenvalue weighted by atomic mass is 10.1. The van der Waals surface area contributed by atoms with Crippen molar-refractivity contribution >= 4 is 22.6 Å². The SMILES string of the molecule is N#CC(=C(O)COC(=O)c1ccccc1C(F)(F)F)c1nc2ccccc2[nH]1. The van der Waals surface area contributed by atoms with Crippen LogP contribution in [-0.2, 0) is 10.9 Å². The summed E-state index contributed by atoms with van der Waals surface area (Å²) in [5.74, 6) is -1.87. The first-order valence-corrected chi connectivity index (χ1v) is 7.92. The summed E-state index contributed by atoms with van der Waals surface area (Å²) in [4.78, 5) is 19.0.